The van der Waals surface area contributed by atoms with E-state index in [0.717, 1.165) is 5.56 Å². The summed E-state index contributed by atoms with van der Waals surface area (Å²) in [5, 5.41) is 13.5. The van der Waals surface area contributed by atoms with E-state index in [2.05, 4.69) is 5.32 Å². The van der Waals surface area contributed by atoms with Gasteiger partial charge in [0, 0.05) is 28.8 Å². The van der Waals surface area contributed by atoms with Crippen LogP contribution in [0.5, 0.6) is 17.2 Å². The fraction of sp³-hybridized carbons (Fsp3) is 0.367. The fourth-order valence-electron chi connectivity index (χ4n) is 5.39. The third-order valence-corrected chi connectivity index (χ3v) is 7.14. The van der Waals surface area contributed by atoms with Crippen LogP contribution in [-0.2, 0) is 23.9 Å². The predicted molar refractivity (Wildman–Crippen MR) is 142 cm³/mol. The Morgan fingerprint density at radius 2 is 1.64 bits per heavy atom. The minimum atomic E-state index is -1.12. The molecule has 0 saturated heterocycles. The lowest BCUT2D eigenvalue weighted by atomic mass is 9.67. The molecule has 1 heterocycles. The zero-order valence-corrected chi connectivity index (χ0v) is 22.7. The van der Waals surface area contributed by atoms with Crippen molar-refractivity contribution in [1.29, 1.82) is 0 Å². The van der Waals surface area contributed by atoms with Crippen LogP contribution in [0.1, 0.15) is 50.2 Å². The largest absolute Gasteiger partial charge is 0.504 e. The van der Waals surface area contributed by atoms with Crippen LogP contribution in [0.25, 0.3) is 0 Å². The molecule has 0 unspecified atom stereocenters. The SMILES string of the molecule is CCOC(=O)C1=C(C)NC2=C(C(=O)[C@H](C(=O)OCC)[C@@H](c3ccc(OC)cc3)C2)[C@H]1c1ccc(O)c(OC)c1. The minimum absolute atomic E-state index is 0.0817. The Bertz CT molecular complexity index is 1340. The monoisotopic (exact) mass is 535 g/mol. The summed E-state index contributed by atoms with van der Waals surface area (Å²) in [6.07, 6.45) is 0.329. The number of methoxy groups -OCH3 is 2. The fourth-order valence-corrected chi connectivity index (χ4v) is 5.39. The zero-order valence-electron chi connectivity index (χ0n) is 22.7. The van der Waals surface area contributed by atoms with Crippen molar-refractivity contribution in [3.8, 4) is 17.2 Å². The number of phenols is 1. The zero-order chi connectivity index (χ0) is 28.3. The lowest BCUT2D eigenvalue weighted by Gasteiger charge is -2.39. The van der Waals surface area contributed by atoms with Crippen LogP contribution in [0.4, 0.5) is 0 Å². The van der Waals surface area contributed by atoms with Gasteiger partial charge in [0.2, 0.25) is 0 Å². The van der Waals surface area contributed by atoms with Gasteiger partial charge in [0.1, 0.15) is 11.7 Å². The van der Waals surface area contributed by atoms with E-state index >= 15 is 0 Å². The van der Waals surface area contributed by atoms with Crippen LogP contribution in [0.3, 0.4) is 0 Å². The first-order chi connectivity index (χ1) is 18.7. The molecule has 9 heteroatoms. The van der Waals surface area contributed by atoms with Crippen LogP contribution < -0.4 is 14.8 Å². The Morgan fingerprint density at radius 1 is 0.974 bits per heavy atom. The second-order valence-electron chi connectivity index (χ2n) is 9.32. The van der Waals surface area contributed by atoms with Gasteiger partial charge in [-0.2, -0.15) is 0 Å². The normalized spacial score (nSPS) is 20.6. The number of allylic oxidation sites excluding steroid dienone is 3. The third-order valence-electron chi connectivity index (χ3n) is 7.14. The van der Waals surface area contributed by atoms with E-state index in [9.17, 15) is 19.5 Å². The van der Waals surface area contributed by atoms with Gasteiger partial charge in [0.15, 0.2) is 17.3 Å². The van der Waals surface area contributed by atoms with Gasteiger partial charge in [0.05, 0.1) is 33.0 Å². The first-order valence-electron chi connectivity index (χ1n) is 12.8. The van der Waals surface area contributed by atoms with Gasteiger partial charge in [-0.15, -0.1) is 0 Å². The standard InChI is InChI=1S/C30H33NO8/c1-6-38-29(34)24-16(3)31-21-15-20(17-8-11-19(36-4)12-9-17)26(30(35)39-7-2)28(33)27(21)25(24)18-10-13-22(32)23(14-18)37-5/h8-14,20,25-26,31-32H,6-7,15H2,1-5H3/t20-,25+,26-/m1/s1. The molecular formula is C30H33NO8. The summed E-state index contributed by atoms with van der Waals surface area (Å²) >= 11 is 0. The van der Waals surface area contributed by atoms with Crippen molar-refractivity contribution >= 4 is 17.7 Å². The number of nitrogens with one attached hydrogen (secondary N) is 1. The number of aromatic hydroxyl groups is 1. The first kappa shape index (κ1) is 27.8. The molecule has 2 N–H and O–H groups in total. The molecule has 0 saturated carbocycles. The first-order valence-corrected chi connectivity index (χ1v) is 12.8. The number of ether oxygens (including phenoxy) is 4. The molecule has 4 rings (SSSR count). The predicted octanol–water partition coefficient (Wildman–Crippen LogP) is 4.12. The molecule has 0 aromatic heterocycles. The minimum Gasteiger partial charge on any atom is -0.504 e. The maximum absolute atomic E-state index is 14.3. The maximum Gasteiger partial charge on any atom is 0.336 e. The number of rotatable bonds is 8. The van der Waals surface area contributed by atoms with Gasteiger partial charge in [-0.05, 0) is 62.6 Å². The average Bonchev–Trinajstić information content (AvgIpc) is 2.92. The molecular weight excluding hydrogens is 502 g/mol. The maximum atomic E-state index is 14.3. The van der Waals surface area contributed by atoms with E-state index in [-0.39, 0.29) is 30.3 Å². The second kappa shape index (κ2) is 11.6. The van der Waals surface area contributed by atoms with Crippen LogP contribution in [0.2, 0.25) is 0 Å². The number of carbonyl (C=O) groups excluding carboxylic acids is 3. The molecule has 2 aromatic rings. The molecule has 2 aromatic carbocycles. The van der Waals surface area contributed by atoms with Gasteiger partial charge in [0.25, 0.3) is 0 Å². The summed E-state index contributed by atoms with van der Waals surface area (Å²) in [6, 6.07) is 11.9. The summed E-state index contributed by atoms with van der Waals surface area (Å²) in [6.45, 7) is 5.41. The Balaban J connectivity index is 1.91. The van der Waals surface area contributed by atoms with E-state index in [1.807, 2.05) is 12.1 Å². The molecule has 2 aliphatic rings. The quantitative estimate of drug-likeness (QED) is 0.380. The Morgan fingerprint density at radius 3 is 2.26 bits per heavy atom. The Labute approximate surface area is 227 Å². The summed E-state index contributed by atoms with van der Waals surface area (Å²) in [4.78, 5) is 40.9. The van der Waals surface area contributed by atoms with Gasteiger partial charge >= 0.3 is 11.9 Å². The van der Waals surface area contributed by atoms with Crippen LogP contribution in [-0.4, -0.2) is 50.3 Å². The number of hydrogen-bond donors (Lipinski definition) is 2. The van der Waals surface area contributed by atoms with Crippen molar-refractivity contribution < 1.29 is 38.4 Å². The highest BCUT2D eigenvalue weighted by atomic mass is 16.5. The summed E-state index contributed by atoms with van der Waals surface area (Å²) in [7, 11) is 2.99. The second-order valence-corrected chi connectivity index (χ2v) is 9.32. The number of ketones is 1. The van der Waals surface area contributed by atoms with Crippen LogP contribution in [0, 0.1) is 5.92 Å². The molecule has 0 fully saturated rings. The van der Waals surface area contributed by atoms with Crippen LogP contribution in [0.15, 0.2) is 65.0 Å². The highest BCUT2D eigenvalue weighted by Crippen LogP contribution is 2.49. The van der Waals surface area contributed by atoms with Crippen molar-refractivity contribution in [2.24, 2.45) is 5.92 Å². The number of phenolic OH excluding ortho intramolecular Hbond substituents is 1. The molecule has 0 bridgehead atoms. The molecule has 39 heavy (non-hydrogen) atoms. The smallest absolute Gasteiger partial charge is 0.336 e. The lowest BCUT2D eigenvalue weighted by Crippen LogP contribution is -2.43. The van der Waals surface area contributed by atoms with Crippen molar-refractivity contribution in [3.63, 3.8) is 0 Å². The van der Waals surface area contributed by atoms with Gasteiger partial charge < -0.3 is 29.4 Å². The Kier molecular flexibility index (Phi) is 8.28. The third kappa shape index (κ3) is 5.21. The van der Waals surface area contributed by atoms with Crippen LogP contribution >= 0.6 is 0 Å². The summed E-state index contributed by atoms with van der Waals surface area (Å²) in [5.41, 5.74) is 3.03. The highest BCUT2D eigenvalue weighted by molar-refractivity contribution is 6.13. The number of hydrogen-bond acceptors (Lipinski definition) is 9. The summed E-state index contributed by atoms with van der Waals surface area (Å²) < 4.78 is 21.3. The number of carbonyl (C=O) groups is 3. The molecule has 0 amide bonds. The van der Waals surface area contributed by atoms with E-state index in [4.69, 9.17) is 18.9 Å². The molecule has 1 aliphatic heterocycles. The van der Waals surface area contributed by atoms with Gasteiger partial charge in [-0.3, -0.25) is 9.59 Å². The van der Waals surface area contributed by atoms with Gasteiger partial charge in [-0.1, -0.05) is 18.2 Å². The van der Waals surface area contributed by atoms with Crippen molar-refractivity contribution in [3.05, 3.63) is 76.1 Å². The molecule has 3 atom stereocenters. The number of Topliss-reactive ketones (excluding diaryl/α,β-unsaturated/α-hetero) is 1. The molecule has 0 radical (unpaired) electrons. The lowest BCUT2D eigenvalue weighted by molar-refractivity contribution is -0.152. The van der Waals surface area contributed by atoms with Crippen molar-refractivity contribution in [1.82, 2.24) is 5.32 Å². The van der Waals surface area contributed by atoms with Crippen molar-refractivity contribution in [2.45, 2.75) is 39.0 Å². The number of benzene rings is 2. The van der Waals surface area contributed by atoms with E-state index < -0.39 is 35.5 Å². The van der Waals surface area contributed by atoms with E-state index in [1.54, 1.807) is 52.1 Å². The summed E-state index contributed by atoms with van der Waals surface area (Å²) in [5.74, 6) is -3.35. The number of esters is 2. The Hall–Kier alpha value is -4.27. The molecule has 0 spiro atoms. The van der Waals surface area contributed by atoms with Gasteiger partial charge in [-0.25, -0.2) is 4.79 Å². The average molecular weight is 536 g/mol. The van der Waals surface area contributed by atoms with E-state index in [1.165, 1.54) is 13.2 Å². The van der Waals surface area contributed by atoms with E-state index in [0.29, 0.717) is 34.7 Å². The topological polar surface area (TPSA) is 120 Å². The van der Waals surface area contributed by atoms with Crippen molar-refractivity contribution in [2.75, 3.05) is 27.4 Å². The molecule has 9 nitrogen and oxygen atoms in total. The number of dihydropyridines is 1. The molecule has 206 valence electrons. The highest BCUT2D eigenvalue weighted by Gasteiger charge is 2.49. The molecule has 1 aliphatic carbocycles.